The molecule has 3 aromatic heterocycles. The van der Waals surface area contributed by atoms with Crippen molar-refractivity contribution in [3.63, 3.8) is 0 Å². The van der Waals surface area contributed by atoms with E-state index in [1.54, 1.807) is 0 Å². The van der Waals surface area contributed by atoms with Crippen molar-refractivity contribution in [1.82, 2.24) is 18.7 Å². The SMILES string of the molecule is CC1(C)C2=CC=CCC2n2c1cc1c3ccccc3n(-c3ccc(-n4c(-c5ccccc5)nc5ccccc54)cc3)c12. The lowest BCUT2D eigenvalue weighted by molar-refractivity contribution is 0.589. The Hall–Kier alpha value is -5.09. The van der Waals surface area contributed by atoms with Gasteiger partial charge in [0.15, 0.2) is 0 Å². The lowest BCUT2D eigenvalue weighted by Gasteiger charge is -2.24. The molecular formula is C38H30N4. The van der Waals surface area contributed by atoms with Gasteiger partial charge in [0.2, 0.25) is 0 Å². The highest BCUT2D eigenvalue weighted by atomic mass is 15.2. The zero-order chi connectivity index (χ0) is 28.0. The number of hydrogen-bond donors (Lipinski definition) is 0. The van der Waals surface area contributed by atoms with Crippen LogP contribution in [0.2, 0.25) is 0 Å². The van der Waals surface area contributed by atoms with Crippen LogP contribution >= 0.6 is 0 Å². The lowest BCUT2D eigenvalue weighted by atomic mass is 9.79. The molecule has 4 aromatic carbocycles. The van der Waals surface area contributed by atoms with Crippen molar-refractivity contribution < 1.29 is 0 Å². The summed E-state index contributed by atoms with van der Waals surface area (Å²) in [6, 6.07) is 39.5. The van der Waals surface area contributed by atoms with E-state index >= 15 is 0 Å². The number of imidazole rings is 1. The van der Waals surface area contributed by atoms with Crippen LogP contribution in [0, 0.1) is 0 Å². The molecule has 7 aromatic rings. The van der Waals surface area contributed by atoms with Crippen LogP contribution in [-0.4, -0.2) is 18.7 Å². The highest BCUT2D eigenvalue weighted by Gasteiger charge is 2.44. The summed E-state index contributed by atoms with van der Waals surface area (Å²) in [7, 11) is 0. The van der Waals surface area contributed by atoms with Crippen LogP contribution in [0.1, 0.15) is 32.0 Å². The summed E-state index contributed by atoms with van der Waals surface area (Å²) in [4.78, 5) is 5.04. The first-order chi connectivity index (χ1) is 20.6. The molecule has 9 rings (SSSR count). The zero-order valence-electron chi connectivity index (χ0n) is 23.7. The van der Waals surface area contributed by atoms with Crippen LogP contribution in [0.15, 0.2) is 133 Å². The molecule has 202 valence electrons. The molecule has 0 saturated carbocycles. The molecule has 1 aliphatic heterocycles. The highest BCUT2D eigenvalue weighted by Crippen LogP contribution is 2.52. The van der Waals surface area contributed by atoms with Gasteiger partial charge in [-0.2, -0.15) is 0 Å². The summed E-state index contributed by atoms with van der Waals surface area (Å²) in [5.41, 5.74) is 10.9. The molecule has 1 atom stereocenters. The summed E-state index contributed by atoms with van der Waals surface area (Å²) in [5.74, 6) is 0.953. The molecular weight excluding hydrogens is 512 g/mol. The van der Waals surface area contributed by atoms with Crippen molar-refractivity contribution in [3.05, 3.63) is 139 Å². The van der Waals surface area contributed by atoms with Gasteiger partial charge < -0.3 is 4.57 Å². The Labute approximate surface area is 244 Å². The predicted octanol–water partition coefficient (Wildman–Crippen LogP) is 9.31. The topological polar surface area (TPSA) is 27.7 Å². The number of hydrogen-bond acceptors (Lipinski definition) is 1. The number of benzene rings is 4. The Balaban J connectivity index is 1.27. The van der Waals surface area contributed by atoms with Crippen molar-refractivity contribution in [2.75, 3.05) is 0 Å². The van der Waals surface area contributed by atoms with Gasteiger partial charge in [-0.05, 0) is 60.5 Å². The Morgan fingerprint density at radius 2 is 1.40 bits per heavy atom. The fourth-order valence-electron chi connectivity index (χ4n) is 7.46. The third-order valence-corrected chi connectivity index (χ3v) is 9.42. The van der Waals surface area contributed by atoms with Crippen LogP contribution in [0.3, 0.4) is 0 Å². The number of allylic oxidation sites excluding steroid dienone is 4. The van der Waals surface area contributed by atoms with Crippen LogP contribution in [0.25, 0.3) is 55.7 Å². The van der Waals surface area contributed by atoms with Crippen molar-refractivity contribution in [1.29, 1.82) is 0 Å². The first-order valence-electron chi connectivity index (χ1n) is 14.8. The smallest absolute Gasteiger partial charge is 0.145 e. The van der Waals surface area contributed by atoms with Gasteiger partial charge >= 0.3 is 0 Å². The summed E-state index contributed by atoms with van der Waals surface area (Å²) in [5, 5.41) is 2.64. The molecule has 0 fully saturated rings. The number of para-hydroxylation sites is 3. The van der Waals surface area contributed by atoms with E-state index in [9.17, 15) is 0 Å². The molecule has 1 aliphatic carbocycles. The third kappa shape index (κ3) is 3.09. The van der Waals surface area contributed by atoms with Crippen LogP contribution < -0.4 is 0 Å². The molecule has 0 N–H and O–H groups in total. The van der Waals surface area contributed by atoms with Gasteiger partial charge in [0.05, 0.1) is 22.6 Å². The van der Waals surface area contributed by atoms with E-state index in [0.29, 0.717) is 6.04 Å². The number of rotatable bonds is 3. The standard InChI is InChI=1S/C38H30N4/c1-38(2)30-15-7-10-18-33(30)42-35(38)24-29-28-14-6-9-17-32(28)41(37(29)42)27-22-20-26(21-23-27)40-34-19-11-8-16-31(34)39-36(40)25-12-4-3-5-13-25/h3-17,19-24,33H,18H2,1-2H3. The van der Waals surface area contributed by atoms with Gasteiger partial charge in [-0.1, -0.05) is 92.7 Å². The molecule has 4 nitrogen and oxygen atoms in total. The third-order valence-electron chi connectivity index (χ3n) is 9.42. The van der Waals surface area contributed by atoms with Crippen LogP contribution in [-0.2, 0) is 5.41 Å². The first kappa shape index (κ1) is 23.6. The highest BCUT2D eigenvalue weighted by molar-refractivity contribution is 6.09. The molecule has 2 aliphatic rings. The minimum Gasteiger partial charge on any atom is -0.322 e. The molecule has 0 radical (unpaired) electrons. The predicted molar refractivity (Wildman–Crippen MR) is 173 cm³/mol. The molecule has 0 saturated heterocycles. The second kappa shape index (κ2) is 8.46. The van der Waals surface area contributed by atoms with E-state index in [0.717, 1.165) is 40.2 Å². The second-order valence-electron chi connectivity index (χ2n) is 12.1. The van der Waals surface area contributed by atoms with Crippen LogP contribution in [0.4, 0.5) is 0 Å². The molecule has 1 unspecified atom stereocenters. The summed E-state index contributed by atoms with van der Waals surface area (Å²) in [6.07, 6.45) is 7.92. The Bertz CT molecular complexity index is 2230. The van der Waals surface area contributed by atoms with Crippen molar-refractivity contribution in [2.45, 2.75) is 31.7 Å². The first-order valence-corrected chi connectivity index (χ1v) is 14.8. The maximum absolute atomic E-state index is 5.04. The molecule has 4 heteroatoms. The minimum atomic E-state index is 0.000552. The summed E-state index contributed by atoms with van der Waals surface area (Å²) < 4.78 is 7.37. The van der Waals surface area contributed by atoms with Gasteiger partial charge in [-0.3, -0.25) is 9.13 Å². The average Bonchev–Trinajstić information content (AvgIpc) is 3.75. The van der Waals surface area contributed by atoms with E-state index in [2.05, 4.69) is 155 Å². The maximum atomic E-state index is 5.04. The van der Waals surface area contributed by atoms with Crippen molar-refractivity contribution in [3.8, 4) is 22.8 Å². The zero-order valence-corrected chi connectivity index (χ0v) is 23.7. The molecule has 4 heterocycles. The second-order valence-corrected chi connectivity index (χ2v) is 12.1. The number of aromatic nitrogens is 4. The van der Waals surface area contributed by atoms with E-state index in [1.807, 2.05) is 0 Å². The minimum absolute atomic E-state index is 0.000552. The van der Waals surface area contributed by atoms with Crippen molar-refractivity contribution in [2.24, 2.45) is 0 Å². The Morgan fingerprint density at radius 1 is 0.714 bits per heavy atom. The number of nitrogens with zero attached hydrogens (tertiary/aromatic N) is 4. The van der Waals surface area contributed by atoms with Gasteiger partial charge in [0.25, 0.3) is 0 Å². The molecule has 0 bridgehead atoms. The van der Waals surface area contributed by atoms with Crippen molar-refractivity contribution >= 4 is 33.0 Å². The fourth-order valence-corrected chi connectivity index (χ4v) is 7.46. The molecule has 0 spiro atoms. The maximum Gasteiger partial charge on any atom is 0.145 e. The quantitative estimate of drug-likeness (QED) is 0.219. The van der Waals surface area contributed by atoms with Crippen LogP contribution in [0.5, 0.6) is 0 Å². The van der Waals surface area contributed by atoms with Gasteiger partial charge in [-0.15, -0.1) is 0 Å². The Kier molecular flexibility index (Phi) is 4.76. The van der Waals surface area contributed by atoms with E-state index in [1.165, 1.54) is 33.2 Å². The lowest BCUT2D eigenvalue weighted by Crippen LogP contribution is -2.17. The van der Waals surface area contributed by atoms with Gasteiger partial charge in [0, 0.05) is 38.8 Å². The van der Waals surface area contributed by atoms with E-state index in [4.69, 9.17) is 4.98 Å². The summed E-state index contributed by atoms with van der Waals surface area (Å²) in [6.45, 7) is 4.76. The fraction of sp³-hybridized carbons (Fsp3) is 0.132. The largest absolute Gasteiger partial charge is 0.322 e. The van der Waals surface area contributed by atoms with E-state index in [-0.39, 0.29) is 5.41 Å². The van der Waals surface area contributed by atoms with Gasteiger partial charge in [-0.25, -0.2) is 4.98 Å². The monoisotopic (exact) mass is 542 g/mol. The summed E-state index contributed by atoms with van der Waals surface area (Å²) >= 11 is 0. The number of fused-ring (bicyclic) bond motifs is 8. The normalized spacial score (nSPS) is 17.2. The Morgan fingerprint density at radius 3 is 2.21 bits per heavy atom. The molecule has 42 heavy (non-hydrogen) atoms. The molecule has 0 amide bonds. The van der Waals surface area contributed by atoms with E-state index < -0.39 is 0 Å². The average molecular weight is 543 g/mol. The van der Waals surface area contributed by atoms with Gasteiger partial charge in [0.1, 0.15) is 11.5 Å².